The zero-order chi connectivity index (χ0) is 24.8. The van der Waals surface area contributed by atoms with Gasteiger partial charge in [-0.1, -0.05) is 35.5 Å². The van der Waals surface area contributed by atoms with Gasteiger partial charge in [0.2, 0.25) is 5.91 Å². The molecule has 1 heterocycles. The Morgan fingerprint density at radius 1 is 1.29 bits per heavy atom. The number of allylic oxidation sites excluding steroid dienone is 1. The number of benzene rings is 2. The van der Waals surface area contributed by atoms with E-state index < -0.39 is 23.6 Å². The Morgan fingerprint density at radius 2 is 2.06 bits per heavy atom. The molecule has 1 aromatic heterocycles. The molecule has 0 bridgehead atoms. The third-order valence-corrected chi connectivity index (χ3v) is 6.31. The summed E-state index contributed by atoms with van der Waals surface area (Å²) in [6.45, 7) is 5.82. The highest BCUT2D eigenvalue weighted by Gasteiger charge is 2.21. The van der Waals surface area contributed by atoms with Crippen molar-refractivity contribution in [1.82, 2.24) is 20.1 Å². The zero-order valence-electron chi connectivity index (χ0n) is 17.8. The third-order valence-electron chi connectivity index (χ3n) is 4.48. The van der Waals surface area contributed by atoms with Gasteiger partial charge in [0.1, 0.15) is 5.82 Å². The number of carbonyl (C=O) groups is 2. The van der Waals surface area contributed by atoms with Gasteiger partial charge in [-0.05, 0) is 47.1 Å². The molecule has 0 saturated carbocycles. The smallest absolute Gasteiger partial charge is 0.251 e. The van der Waals surface area contributed by atoms with Crippen molar-refractivity contribution in [3.8, 4) is 0 Å². The van der Waals surface area contributed by atoms with Crippen molar-refractivity contribution in [3.63, 3.8) is 0 Å². The van der Waals surface area contributed by atoms with Gasteiger partial charge in [0, 0.05) is 27.7 Å². The second-order valence-electron chi connectivity index (χ2n) is 7.03. The molecule has 12 heteroatoms. The van der Waals surface area contributed by atoms with Gasteiger partial charge in [-0.25, -0.2) is 8.78 Å². The molecule has 2 N–H and O–H groups in total. The number of carbonyl (C=O) groups excluding carboxylic acids is 2. The number of nitrogens with one attached hydrogen (secondary N) is 2. The quantitative estimate of drug-likeness (QED) is 0.266. The lowest BCUT2D eigenvalue weighted by molar-refractivity contribution is -0.113. The predicted molar refractivity (Wildman–Crippen MR) is 131 cm³/mol. The van der Waals surface area contributed by atoms with E-state index >= 15 is 0 Å². The van der Waals surface area contributed by atoms with Crippen molar-refractivity contribution in [2.45, 2.75) is 24.7 Å². The second-order valence-corrected chi connectivity index (χ2v) is 9.26. The third kappa shape index (κ3) is 6.43. The van der Waals surface area contributed by atoms with Gasteiger partial charge in [0.15, 0.2) is 16.8 Å². The molecule has 0 radical (unpaired) electrons. The summed E-state index contributed by atoms with van der Waals surface area (Å²) in [6, 6.07) is 7.78. The Labute approximate surface area is 212 Å². The van der Waals surface area contributed by atoms with Gasteiger partial charge in [0.25, 0.3) is 5.91 Å². The van der Waals surface area contributed by atoms with E-state index in [1.807, 2.05) is 0 Å². The lowest BCUT2D eigenvalue weighted by Crippen LogP contribution is -2.28. The summed E-state index contributed by atoms with van der Waals surface area (Å²) in [5, 5.41) is 14.4. The number of anilines is 1. The normalized spacial score (nSPS) is 11.7. The second kappa shape index (κ2) is 11.6. The molecule has 3 aromatic rings. The maximum atomic E-state index is 14.0. The Morgan fingerprint density at radius 3 is 2.74 bits per heavy atom. The van der Waals surface area contributed by atoms with E-state index in [1.54, 1.807) is 41.8 Å². The first-order chi connectivity index (χ1) is 16.2. The molecule has 0 spiro atoms. The number of halogens is 4. The molecule has 2 aromatic carbocycles. The Balaban J connectivity index is 1.69. The number of aromatic nitrogens is 3. The Kier molecular flexibility index (Phi) is 8.81. The SMILES string of the molecule is C=CCn1c(SCC(=O)Nc2c(F)cc(F)cc2Br)nnc1[C@@H](C)NC(=O)c1cccc(Cl)c1. The van der Waals surface area contributed by atoms with Crippen LogP contribution in [0.1, 0.15) is 29.1 Å². The molecule has 2 amide bonds. The standard InChI is InChI=1S/C22H19BrClF2N5O2S/c1-3-7-31-20(12(2)27-21(33)13-5-4-6-14(24)8-13)29-30-22(31)34-11-18(32)28-19-16(23)9-15(25)10-17(19)26/h3-6,8-10,12H,1,7,11H2,2H3,(H,27,33)(H,28,32)/t12-/m1/s1. The Hall–Kier alpha value is -2.76. The number of hydrogen-bond donors (Lipinski definition) is 2. The summed E-state index contributed by atoms with van der Waals surface area (Å²) < 4.78 is 29.0. The molecule has 1 atom stereocenters. The minimum absolute atomic E-state index is 0.0877. The number of hydrogen-bond acceptors (Lipinski definition) is 5. The predicted octanol–water partition coefficient (Wildman–Crippen LogP) is 5.38. The minimum atomic E-state index is -0.897. The molecule has 0 fully saturated rings. The first kappa shape index (κ1) is 25.9. The van der Waals surface area contributed by atoms with Crippen LogP contribution in [0, 0.1) is 11.6 Å². The van der Waals surface area contributed by atoms with Crippen LogP contribution in [-0.4, -0.2) is 32.3 Å². The number of nitrogens with zero attached hydrogens (tertiary/aromatic N) is 3. The van der Waals surface area contributed by atoms with E-state index in [0.717, 1.165) is 17.8 Å². The van der Waals surface area contributed by atoms with Crippen molar-refractivity contribution in [1.29, 1.82) is 0 Å². The first-order valence-electron chi connectivity index (χ1n) is 9.87. The minimum Gasteiger partial charge on any atom is -0.342 e. The fourth-order valence-corrected chi connectivity index (χ4v) is 4.42. The van der Waals surface area contributed by atoms with Crippen LogP contribution in [0.15, 0.2) is 58.7 Å². The van der Waals surface area contributed by atoms with Crippen molar-refractivity contribution < 1.29 is 18.4 Å². The topological polar surface area (TPSA) is 88.9 Å². The first-order valence-corrected chi connectivity index (χ1v) is 12.0. The largest absolute Gasteiger partial charge is 0.342 e. The van der Waals surface area contributed by atoms with Crippen LogP contribution in [0.3, 0.4) is 0 Å². The van der Waals surface area contributed by atoms with E-state index in [-0.39, 0.29) is 21.8 Å². The highest BCUT2D eigenvalue weighted by Crippen LogP contribution is 2.28. The van der Waals surface area contributed by atoms with Crippen molar-refractivity contribution in [2.24, 2.45) is 0 Å². The van der Waals surface area contributed by atoms with Crippen LogP contribution in [0.2, 0.25) is 5.02 Å². The maximum Gasteiger partial charge on any atom is 0.251 e. The highest BCUT2D eigenvalue weighted by atomic mass is 79.9. The fraction of sp³-hybridized carbons (Fsp3) is 0.182. The molecule has 0 saturated heterocycles. The van der Waals surface area contributed by atoms with E-state index in [9.17, 15) is 18.4 Å². The van der Waals surface area contributed by atoms with Crippen molar-refractivity contribution in [3.05, 3.63) is 81.6 Å². The van der Waals surface area contributed by atoms with Crippen molar-refractivity contribution >= 4 is 56.8 Å². The molecular formula is C22H19BrClF2N5O2S. The summed E-state index contributed by atoms with van der Waals surface area (Å²) in [4.78, 5) is 24.9. The summed E-state index contributed by atoms with van der Waals surface area (Å²) in [7, 11) is 0. The average molecular weight is 571 g/mol. The van der Waals surface area contributed by atoms with E-state index in [0.29, 0.717) is 34.2 Å². The zero-order valence-corrected chi connectivity index (χ0v) is 21.0. The van der Waals surface area contributed by atoms with Gasteiger partial charge in [-0.15, -0.1) is 16.8 Å². The molecule has 0 aliphatic heterocycles. The van der Waals surface area contributed by atoms with Gasteiger partial charge < -0.3 is 15.2 Å². The molecule has 178 valence electrons. The number of rotatable bonds is 9. The highest BCUT2D eigenvalue weighted by molar-refractivity contribution is 9.10. The van der Waals surface area contributed by atoms with E-state index in [4.69, 9.17) is 11.6 Å². The number of thioether (sulfide) groups is 1. The lowest BCUT2D eigenvalue weighted by atomic mass is 10.2. The molecule has 7 nitrogen and oxygen atoms in total. The van der Waals surface area contributed by atoms with Crippen LogP contribution in [0.4, 0.5) is 14.5 Å². The van der Waals surface area contributed by atoms with Crippen LogP contribution >= 0.6 is 39.3 Å². The summed E-state index contributed by atoms with van der Waals surface area (Å²) in [5.74, 6) is -2.16. The van der Waals surface area contributed by atoms with Crippen LogP contribution in [0.25, 0.3) is 0 Å². The molecule has 0 aliphatic carbocycles. The maximum absolute atomic E-state index is 14.0. The van der Waals surface area contributed by atoms with E-state index in [1.165, 1.54) is 0 Å². The molecule has 0 aliphatic rings. The summed E-state index contributed by atoms with van der Waals surface area (Å²) in [5.41, 5.74) is 0.247. The van der Waals surface area contributed by atoms with Crippen LogP contribution in [-0.2, 0) is 11.3 Å². The van der Waals surface area contributed by atoms with Gasteiger partial charge in [-0.3, -0.25) is 9.59 Å². The summed E-state index contributed by atoms with van der Waals surface area (Å²) >= 11 is 10.1. The number of amides is 2. The summed E-state index contributed by atoms with van der Waals surface area (Å²) in [6.07, 6.45) is 1.63. The molecular weight excluding hydrogens is 552 g/mol. The monoisotopic (exact) mass is 569 g/mol. The van der Waals surface area contributed by atoms with Gasteiger partial charge in [0.05, 0.1) is 17.5 Å². The van der Waals surface area contributed by atoms with E-state index in [2.05, 4.69) is 43.3 Å². The van der Waals surface area contributed by atoms with Gasteiger partial charge in [-0.2, -0.15) is 0 Å². The van der Waals surface area contributed by atoms with Crippen molar-refractivity contribution in [2.75, 3.05) is 11.1 Å². The average Bonchev–Trinajstić information content (AvgIpc) is 3.17. The Bertz CT molecular complexity index is 1220. The van der Waals surface area contributed by atoms with Crippen LogP contribution < -0.4 is 10.6 Å². The fourth-order valence-electron chi connectivity index (χ4n) is 2.97. The molecule has 3 rings (SSSR count). The molecule has 34 heavy (non-hydrogen) atoms. The molecule has 0 unspecified atom stereocenters. The van der Waals surface area contributed by atoms with Gasteiger partial charge >= 0.3 is 0 Å². The lowest BCUT2D eigenvalue weighted by Gasteiger charge is -2.15. The van der Waals surface area contributed by atoms with Crippen LogP contribution in [0.5, 0.6) is 0 Å².